The Morgan fingerprint density at radius 2 is 2.29 bits per heavy atom. The van der Waals surface area contributed by atoms with Gasteiger partial charge in [0.1, 0.15) is 11.9 Å². The standard InChI is InChI=1S/C14H17F2NO4/c1-14(2)19-8-11(21-14)7-17-12(18)9-4-3-5-10(6-9)20-13(15)16/h3-6,11,13H,7-8H2,1-2H3,(H,17,18). The number of halogens is 2. The molecular weight excluding hydrogens is 284 g/mol. The second kappa shape index (κ2) is 6.36. The number of alkyl halides is 2. The van der Waals surface area contributed by atoms with Crippen LogP contribution in [0.3, 0.4) is 0 Å². The molecule has 1 amide bonds. The van der Waals surface area contributed by atoms with Crippen molar-refractivity contribution in [3.05, 3.63) is 29.8 Å². The molecule has 0 aliphatic carbocycles. The molecule has 2 rings (SSSR count). The van der Waals surface area contributed by atoms with E-state index in [2.05, 4.69) is 10.1 Å². The first-order valence-corrected chi connectivity index (χ1v) is 6.50. The lowest BCUT2D eigenvalue weighted by Crippen LogP contribution is -2.34. The van der Waals surface area contributed by atoms with Crippen LogP contribution in [0.4, 0.5) is 8.78 Å². The van der Waals surface area contributed by atoms with E-state index in [0.717, 1.165) is 0 Å². The Morgan fingerprint density at radius 1 is 1.52 bits per heavy atom. The van der Waals surface area contributed by atoms with Gasteiger partial charge in [-0.25, -0.2) is 0 Å². The fourth-order valence-corrected chi connectivity index (χ4v) is 1.99. The van der Waals surface area contributed by atoms with Gasteiger partial charge in [0.15, 0.2) is 5.79 Å². The Bertz CT molecular complexity index is 508. The summed E-state index contributed by atoms with van der Waals surface area (Å²) in [5, 5.41) is 2.67. The first kappa shape index (κ1) is 15.7. The zero-order valence-corrected chi connectivity index (χ0v) is 11.8. The molecule has 0 saturated carbocycles. The number of rotatable bonds is 5. The quantitative estimate of drug-likeness (QED) is 0.905. The minimum atomic E-state index is -2.92. The van der Waals surface area contributed by atoms with E-state index >= 15 is 0 Å². The number of hydrogen-bond acceptors (Lipinski definition) is 4. The maximum atomic E-state index is 12.1. The van der Waals surface area contributed by atoms with E-state index in [9.17, 15) is 13.6 Å². The molecule has 1 fully saturated rings. The van der Waals surface area contributed by atoms with Crippen LogP contribution in [0.2, 0.25) is 0 Å². The molecule has 1 N–H and O–H groups in total. The summed E-state index contributed by atoms with van der Waals surface area (Å²) in [5.74, 6) is -1.09. The molecule has 1 aromatic carbocycles. The third-order valence-corrected chi connectivity index (χ3v) is 2.88. The molecule has 1 heterocycles. The SMILES string of the molecule is CC1(C)OCC(CNC(=O)c2cccc(OC(F)F)c2)O1. The number of benzene rings is 1. The van der Waals surface area contributed by atoms with Gasteiger partial charge in [0, 0.05) is 12.1 Å². The Kier molecular flexibility index (Phi) is 4.74. The van der Waals surface area contributed by atoms with E-state index in [-0.39, 0.29) is 29.9 Å². The van der Waals surface area contributed by atoms with Gasteiger partial charge in [-0.2, -0.15) is 8.78 Å². The molecule has 7 heteroatoms. The van der Waals surface area contributed by atoms with Crippen molar-refractivity contribution in [2.24, 2.45) is 0 Å². The summed E-state index contributed by atoms with van der Waals surface area (Å²) in [5.41, 5.74) is 0.242. The zero-order valence-electron chi connectivity index (χ0n) is 11.8. The van der Waals surface area contributed by atoms with Gasteiger partial charge in [-0.1, -0.05) is 6.07 Å². The highest BCUT2D eigenvalue weighted by Crippen LogP contribution is 2.22. The molecular formula is C14H17F2NO4. The molecule has 0 bridgehead atoms. The van der Waals surface area contributed by atoms with Crippen LogP contribution < -0.4 is 10.1 Å². The van der Waals surface area contributed by atoms with E-state index in [0.29, 0.717) is 6.61 Å². The Balaban J connectivity index is 1.89. The molecule has 1 aliphatic rings. The predicted octanol–water partition coefficient (Wildman–Crippen LogP) is 2.17. The van der Waals surface area contributed by atoms with Crippen molar-refractivity contribution in [3.8, 4) is 5.75 Å². The normalized spacial score (nSPS) is 20.5. The van der Waals surface area contributed by atoms with Crippen LogP contribution in [0.25, 0.3) is 0 Å². The van der Waals surface area contributed by atoms with Gasteiger partial charge in [-0.05, 0) is 32.0 Å². The molecule has 1 aliphatic heterocycles. The minimum Gasteiger partial charge on any atom is -0.435 e. The molecule has 0 radical (unpaired) electrons. The van der Waals surface area contributed by atoms with E-state index in [1.807, 2.05) is 0 Å². The number of hydrogen-bond donors (Lipinski definition) is 1. The summed E-state index contributed by atoms with van der Waals surface area (Å²) >= 11 is 0. The van der Waals surface area contributed by atoms with Crippen molar-refractivity contribution < 1.29 is 27.8 Å². The highest BCUT2D eigenvalue weighted by Gasteiger charge is 2.32. The van der Waals surface area contributed by atoms with Crippen molar-refractivity contribution in [1.29, 1.82) is 0 Å². The maximum Gasteiger partial charge on any atom is 0.387 e. The third-order valence-electron chi connectivity index (χ3n) is 2.88. The van der Waals surface area contributed by atoms with Crippen LogP contribution in [0.15, 0.2) is 24.3 Å². The Labute approximate surface area is 121 Å². The average Bonchev–Trinajstić information content (AvgIpc) is 2.75. The van der Waals surface area contributed by atoms with Crippen LogP contribution in [0.1, 0.15) is 24.2 Å². The summed E-state index contributed by atoms with van der Waals surface area (Å²) in [6.07, 6.45) is -0.232. The second-order valence-electron chi connectivity index (χ2n) is 5.07. The van der Waals surface area contributed by atoms with Crippen molar-refractivity contribution in [3.63, 3.8) is 0 Å². The van der Waals surface area contributed by atoms with Crippen LogP contribution in [0, 0.1) is 0 Å². The van der Waals surface area contributed by atoms with Crippen LogP contribution in [-0.4, -0.2) is 37.6 Å². The number of carbonyl (C=O) groups excluding carboxylic acids is 1. The monoisotopic (exact) mass is 301 g/mol. The summed E-state index contributed by atoms with van der Waals surface area (Å²) in [7, 11) is 0. The lowest BCUT2D eigenvalue weighted by molar-refractivity contribution is -0.137. The van der Waals surface area contributed by atoms with Crippen molar-refractivity contribution >= 4 is 5.91 Å². The van der Waals surface area contributed by atoms with Crippen LogP contribution in [-0.2, 0) is 9.47 Å². The van der Waals surface area contributed by atoms with Gasteiger partial charge < -0.3 is 19.5 Å². The van der Waals surface area contributed by atoms with Crippen molar-refractivity contribution in [2.45, 2.75) is 32.4 Å². The maximum absolute atomic E-state index is 12.1. The Morgan fingerprint density at radius 3 is 2.90 bits per heavy atom. The molecule has 21 heavy (non-hydrogen) atoms. The number of amides is 1. The molecule has 116 valence electrons. The minimum absolute atomic E-state index is 0.0563. The summed E-state index contributed by atoms with van der Waals surface area (Å²) in [4.78, 5) is 12.0. The Hall–Kier alpha value is -1.73. The molecule has 0 spiro atoms. The highest BCUT2D eigenvalue weighted by molar-refractivity contribution is 5.94. The highest BCUT2D eigenvalue weighted by atomic mass is 19.3. The molecule has 0 aromatic heterocycles. The molecule has 1 saturated heterocycles. The van der Waals surface area contributed by atoms with Crippen molar-refractivity contribution in [1.82, 2.24) is 5.32 Å². The van der Waals surface area contributed by atoms with Crippen LogP contribution in [0.5, 0.6) is 5.75 Å². The first-order valence-electron chi connectivity index (χ1n) is 6.50. The van der Waals surface area contributed by atoms with Gasteiger partial charge in [0.2, 0.25) is 0 Å². The zero-order chi connectivity index (χ0) is 15.5. The molecule has 5 nitrogen and oxygen atoms in total. The lowest BCUT2D eigenvalue weighted by atomic mass is 10.2. The largest absolute Gasteiger partial charge is 0.435 e. The molecule has 1 unspecified atom stereocenters. The summed E-state index contributed by atoms with van der Waals surface area (Å²) in [6.45, 7) is 1.33. The summed E-state index contributed by atoms with van der Waals surface area (Å²) in [6, 6.07) is 5.62. The first-order chi connectivity index (χ1) is 9.85. The third kappa shape index (κ3) is 4.64. The van der Waals surface area contributed by atoms with E-state index in [4.69, 9.17) is 9.47 Å². The number of carbonyl (C=O) groups is 1. The van der Waals surface area contributed by atoms with E-state index < -0.39 is 12.4 Å². The molecule has 1 aromatic rings. The van der Waals surface area contributed by atoms with Crippen molar-refractivity contribution in [2.75, 3.05) is 13.2 Å². The fraction of sp³-hybridized carbons (Fsp3) is 0.500. The number of ether oxygens (including phenoxy) is 3. The molecule has 1 atom stereocenters. The van der Waals surface area contributed by atoms with Gasteiger partial charge >= 0.3 is 6.61 Å². The van der Waals surface area contributed by atoms with E-state index in [1.54, 1.807) is 13.8 Å². The average molecular weight is 301 g/mol. The van der Waals surface area contributed by atoms with E-state index in [1.165, 1.54) is 24.3 Å². The van der Waals surface area contributed by atoms with Gasteiger partial charge in [0.25, 0.3) is 5.91 Å². The predicted molar refractivity (Wildman–Crippen MR) is 70.3 cm³/mol. The summed E-state index contributed by atoms with van der Waals surface area (Å²) < 4.78 is 39.4. The van der Waals surface area contributed by atoms with Crippen LogP contribution >= 0.6 is 0 Å². The second-order valence-corrected chi connectivity index (χ2v) is 5.07. The smallest absolute Gasteiger partial charge is 0.387 e. The topological polar surface area (TPSA) is 56.8 Å². The number of nitrogens with one attached hydrogen (secondary N) is 1. The van der Waals surface area contributed by atoms with Gasteiger partial charge in [0.05, 0.1) is 6.61 Å². The lowest BCUT2D eigenvalue weighted by Gasteiger charge is -2.17. The fourth-order valence-electron chi connectivity index (χ4n) is 1.99. The van der Waals surface area contributed by atoms with Gasteiger partial charge in [-0.3, -0.25) is 4.79 Å². The van der Waals surface area contributed by atoms with Gasteiger partial charge in [-0.15, -0.1) is 0 Å².